The van der Waals surface area contributed by atoms with E-state index in [1.165, 1.54) is 5.57 Å². The summed E-state index contributed by atoms with van der Waals surface area (Å²) in [5, 5.41) is 0. The first-order chi connectivity index (χ1) is 6.95. The molecule has 2 heterocycles. The molecule has 4 nitrogen and oxygen atoms in total. The highest BCUT2D eigenvalue weighted by atomic mass is 16.6. The van der Waals surface area contributed by atoms with Crippen molar-refractivity contribution in [3.63, 3.8) is 0 Å². The van der Waals surface area contributed by atoms with Crippen molar-refractivity contribution >= 4 is 12.1 Å². The Morgan fingerprint density at radius 3 is 3.36 bits per heavy atom. The number of aliphatic imine (C=N–C) groups is 2. The molecule has 4 heteroatoms. The van der Waals surface area contributed by atoms with E-state index in [-0.39, 0.29) is 0 Å². The molecule has 14 heavy (non-hydrogen) atoms. The predicted octanol–water partition coefficient (Wildman–Crippen LogP) is 1.45. The van der Waals surface area contributed by atoms with E-state index in [0.29, 0.717) is 0 Å². The maximum Gasteiger partial charge on any atom is 0.182 e. The van der Waals surface area contributed by atoms with Crippen LogP contribution in [0.3, 0.4) is 0 Å². The maximum atomic E-state index is 5.41. The number of hydroxylamine groups is 1. The summed E-state index contributed by atoms with van der Waals surface area (Å²) in [6.45, 7) is 0. The first-order valence-electron chi connectivity index (χ1n) is 4.56. The molecule has 1 aliphatic carbocycles. The minimum Gasteiger partial charge on any atom is -0.380 e. The molecule has 0 saturated carbocycles. The Morgan fingerprint density at radius 2 is 2.36 bits per heavy atom. The summed E-state index contributed by atoms with van der Waals surface area (Å²) in [5.74, 6) is 0.838. The van der Waals surface area contributed by atoms with Crippen LogP contribution in [-0.4, -0.2) is 12.1 Å². The SMILES string of the molecule is C1=CNOC2=C(C1)CC=C1N=CN=C12. The van der Waals surface area contributed by atoms with Gasteiger partial charge in [-0.1, -0.05) is 12.2 Å². The summed E-state index contributed by atoms with van der Waals surface area (Å²) < 4.78 is 0. The van der Waals surface area contributed by atoms with Crippen molar-refractivity contribution in [3.05, 3.63) is 35.4 Å². The van der Waals surface area contributed by atoms with Crippen LogP contribution >= 0.6 is 0 Å². The van der Waals surface area contributed by atoms with Gasteiger partial charge in [-0.25, -0.2) is 15.5 Å². The third-order valence-electron chi connectivity index (χ3n) is 2.42. The number of fused-ring (bicyclic) bond motifs is 2. The fraction of sp³-hybridized carbons (Fsp3) is 0.200. The van der Waals surface area contributed by atoms with E-state index in [1.807, 2.05) is 6.08 Å². The molecule has 0 amide bonds. The van der Waals surface area contributed by atoms with Crippen LogP contribution in [0.5, 0.6) is 0 Å². The van der Waals surface area contributed by atoms with Gasteiger partial charge < -0.3 is 4.84 Å². The molecule has 3 rings (SSSR count). The Kier molecular flexibility index (Phi) is 1.53. The lowest BCUT2D eigenvalue weighted by Crippen LogP contribution is -2.17. The molecule has 3 aliphatic rings. The summed E-state index contributed by atoms with van der Waals surface area (Å²) in [6, 6.07) is 0. The van der Waals surface area contributed by atoms with Crippen LogP contribution in [0.25, 0.3) is 0 Å². The van der Waals surface area contributed by atoms with Crippen LogP contribution < -0.4 is 5.48 Å². The van der Waals surface area contributed by atoms with Gasteiger partial charge in [0.2, 0.25) is 0 Å². The van der Waals surface area contributed by atoms with Gasteiger partial charge in [-0.2, -0.15) is 0 Å². The van der Waals surface area contributed by atoms with Gasteiger partial charge in [-0.3, -0.25) is 0 Å². The van der Waals surface area contributed by atoms with Crippen LogP contribution in [0.2, 0.25) is 0 Å². The van der Waals surface area contributed by atoms with Gasteiger partial charge in [0.05, 0.1) is 5.70 Å². The van der Waals surface area contributed by atoms with Crippen LogP contribution in [0.15, 0.2) is 45.4 Å². The lowest BCUT2D eigenvalue weighted by Gasteiger charge is -2.15. The summed E-state index contributed by atoms with van der Waals surface area (Å²) in [5.41, 5.74) is 5.78. The fourth-order valence-electron chi connectivity index (χ4n) is 1.72. The number of hydrogen-bond donors (Lipinski definition) is 1. The third kappa shape index (κ3) is 1.00. The Labute approximate surface area is 81.3 Å². The first kappa shape index (κ1) is 7.55. The standard InChI is InChI=1S/C10H9N3O/c1-2-7-3-4-8-9(12-6-11-8)10(7)14-13-5-1/h1,4-6,13H,2-3H2. The van der Waals surface area contributed by atoms with E-state index < -0.39 is 0 Å². The van der Waals surface area contributed by atoms with Gasteiger partial charge in [0.1, 0.15) is 12.1 Å². The van der Waals surface area contributed by atoms with Crippen LogP contribution in [0.4, 0.5) is 0 Å². The topological polar surface area (TPSA) is 46.0 Å². The molecule has 0 unspecified atom stereocenters. The first-order valence-corrected chi connectivity index (χ1v) is 4.56. The second-order valence-electron chi connectivity index (χ2n) is 3.27. The molecule has 1 N–H and O–H groups in total. The van der Waals surface area contributed by atoms with Crippen molar-refractivity contribution in [2.24, 2.45) is 9.98 Å². The largest absolute Gasteiger partial charge is 0.380 e. The van der Waals surface area contributed by atoms with Crippen molar-refractivity contribution in [2.75, 3.05) is 0 Å². The molecule has 0 saturated heterocycles. The van der Waals surface area contributed by atoms with Gasteiger partial charge in [-0.05, 0) is 18.4 Å². The van der Waals surface area contributed by atoms with E-state index in [1.54, 1.807) is 12.5 Å². The lowest BCUT2D eigenvalue weighted by atomic mass is 9.98. The Bertz CT molecular complexity index is 427. The molecule has 0 aromatic rings. The molecule has 0 fully saturated rings. The lowest BCUT2D eigenvalue weighted by molar-refractivity contribution is 0.158. The van der Waals surface area contributed by atoms with Gasteiger partial charge in [0, 0.05) is 6.20 Å². The van der Waals surface area contributed by atoms with Crippen molar-refractivity contribution < 1.29 is 4.84 Å². The summed E-state index contributed by atoms with van der Waals surface area (Å²) >= 11 is 0. The number of allylic oxidation sites excluding steroid dienone is 3. The normalized spacial score (nSPS) is 22.9. The average molecular weight is 187 g/mol. The molecule has 0 atom stereocenters. The van der Waals surface area contributed by atoms with Crippen molar-refractivity contribution in [3.8, 4) is 0 Å². The molecule has 2 aliphatic heterocycles. The third-order valence-corrected chi connectivity index (χ3v) is 2.42. The second kappa shape index (κ2) is 2.83. The number of nitrogens with zero attached hydrogens (tertiary/aromatic N) is 2. The molecular weight excluding hydrogens is 178 g/mol. The van der Waals surface area contributed by atoms with E-state index in [4.69, 9.17) is 4.84 Å². The monoisotopic (exact) mass is 187 g/mol. The van der Waals surface area contributed by atoms with Crippen molar-refractivity contribution in [1.82, 2.24) is 5.48 Å². The average Bonchev–Trinajstić information content (AvgIpc) is 2.55. The zero-order valence-corrected chi connectivity index (χ0v) is 7.53. The van der Waals surface area contributed by atoms with Crippen LogP contribution in [0, 0.1) is 0 Å². The van der Waals surface area contributed by atoms with Crippen LogP contribution in [0.1, 0.15) is 12.8 Å². The van der Waals surface area contributed by atoms with E-state index >= 15 is 0 Å². The quantitative estimate of drug-likeness (QED) is 0.623. The van der Waals surface area contributed by atoms with Gasteiger partial charge in [0.25, 0.3) is 0 Å². The second-order valence-corrected chi connectivity index (χ2v) is 3.27. The Balaban J connectivity index is 2.03. The highest BCUT2D eigenvalue weighted by molar-refractivity contribution is 6.17. The molecule has 70 valence electrons. The zero-order valence-electron chi connectivity index (χ0n) is 7.53. The highest BCUT2D eigenvalue weighted by Gasteiger charge is 2.25. The van der Waals surface area contributed by atoms with Crippen molar-refractivity contribution in [1.29, 1.82) is 0 Å². The minimum atomic E-state index is 0.838. The highest BCUT2D eigenvalue weighted by Crippen LogP contribution is 2.28. The molecule has 0 radical (unpaired) electrons. The summed E-state index contributed by atoms with van der Waals surface area (Å²) in [4.78, 5) is 13.8. The predicted molar refractivity (Wildman–Crippen MR) is 53.6 cm³/mol. The van der Waals surface area contributed by atoms with E-state index in [9.17, 15) is 0 Å². The zero-order chi connectivity index (χ0) is 9.38. The molecule has 0 aromatic heterocycles. The number of hydrogen-bond acceptors (Lipinski definition) is 4. The molecule has 0 spiro atoms. The number of nitrogens with one attached hydrogen (secondary N) is 1. The molecule has 0 bridgehead atoms. The molecular formula is C10H9N3O. The van der Waals surface area contributed by atoms with Crippen LogP contribution in [-0.2, 0) is 4.84 Å². The Hall–Kier alpha value is -1.84. The number of rotatable bonds is 0. The smallest absolute Gasteiger partial charge is 0.182 e. The molecule has 0 aromatic carbocycles. The van der Waals surface area contributed by atoms with Crippen molar-refractivity contribution in [2.45, 2.75) is 12.8 Å². The maximum absolute atomic E-state index is 5.41. The van der Waals surface area contributed by atoms with Gasteiger partial charge in [0.15, 0.2) is 5.76 Å². The minimum absolute atomic E-state index is 0.838. The van der Waals surface area contributed by atoms with Gasteiger partial charge in [-0.15, -0.1) is 0 Å². The van der Waals surface area contributed by atoms with E-state index in [0.717, 1.165) is 30.0 Å². The van der Waals surface area contributed by atoms with Gasteiger partial charge >= 0.3 is 0 Å². The Morgan fingerprint density at radius 1 is 1.36 bits per heavy atom. The van der Waals surface area contributed by atoms with E-state index in [2.05, 4.69) is 21.5 Å². The summed E-state index contributed by atoms with van der Waals surface area (Å²) in [6.07, 6.45) is 9.30. The summed E-state index contributed by atoms with van der Waals surface area (Å²) in [7, 11) is 0. The fourth-order valence-corrected chi connectivity index (χ4v) is 1.72.